The van der Waals surface area contributed by atoms with Gasteiger partial charge in [0.15, 0.2) is 0 Å². The van der Waals surface area contributed by atoms with Gasteiger partial charge in [-0.25, -0.2) is 9.97 Å². The maximum Gasteiger partial charge on any atom is 0.132 e. The molecule has 0 spiro atoms. The summed E-state index contributed by atoms with van der Waals surface area (Å²) in [6, 6.07) is 4.28. The van der Waals surface area contributed by atoms with Crippen LogP contribution in [0.1, 0.15) is 24.4 Å². The molecule has 1 unspecified atom stereocenters. The van der Waals surface area contributed by atoms with Gasteiger partial charge >= 0.3 is 0 Å². The predicted molar refractivity (Wildman–Crippen MR) is 72.7 cm³/mol. The van der Waals surface area contributed by atoms with E-state index in [9.17, 15) is 0 Å². The van der Waals surface area contributed by atoms with E-state index in [2.05, 4.69) is 44.4 Å². The van der Waals surface area contributed by atoms with E-state index in [1.807, 2.05) is 20.0 Å². The normalized spacial score (nSPS) is 12.2. The summed E-state index contributed by atoms with van der Waals surface area (Å²) in [7, 11) is 1.86. The van der Waals surface area contributed by atoms with Crippen molar-refractivity contribution in [1.82, 2.24) is 9.97 Å². The first-order valence-electron chi connectivity index (χ1n) is 5.51. The molecule has 0 fully saturated rings. The lowest BCUT2D eigenvalue weighted by atomic mass is 10.2. The molecule has 0 amide bonds. The molecule has 5 heteroatoms. The molecule has 0 aliphatic rings. The number of hydrogen-bond acceptors (Lipinski definition) is 5. The standard InChI is InChI=1S/C12H16N4S/c1-8(10-4-5-17-7-10)14-12-6-11(13-3)15-9(2)16-12/h4-8H,1-3H3,(H2,13,14,15,16). The average Bonchev–Trinajstić information content (AvgIpc) is 2.81. The van der Waals surface area contributed by atoms with Gasteiger partial charge in [-0.3, -0.25) is 0 Å². The van der Waals surface area contributed by atoms with Crippen LogP contribution in [0.3, 0.4) is 0 Å². The minimum absolute atomic E-state index is 0.250. The van der Waals surface area contributed by atoms with Crippen molar-refractivity contribution >= 4 is 23.0 Å². The van der Waals surface area contributed by atoms with Crippen molar-refractivity contribution in [1.29, 1.82) is 0 Å². The third kappa shape index (κ3) is 2.94. The molecule has 0 aliphatic heterocycles. The second-order valence-corrected chi connectivity index (χ2v) is 4.64. The van der Waals surface area contributed by atoms with Crippen molar-refractivity contribution in [3.63, 3.8) is 0 Å². The lowest BCUT2D eigenvalue weighted by Gasteiger charge is -2.14. The zero-order chi connectivity index (χ0) is 12.3. The maximum absolute atomic E-state index is 4.37. The summed E-state index contributed by atoms with van der Waals surface area (Å²) in [4.78, 5) is 8.64. The van der Waals surface area contributed by atoms with Crippen LogP contribution >= 0.6 is 11.3 Å². The first-order valence-corrected chi connectivity index (χ1v) is 6.45. The Bertz CT molecular complexity index is 481. The van der Waals surface area contributed by atoms with Crippen molar-refractivity contribution in [3.8, 4) is 0 Å². The van der Waals surface area contributed by atoms with Crippen LogP contribution in [-0.4, -0.2) is 17.0 Å². The van der Waals surface area contributed by atoms with E-state index in [-0.39, 0.29) is 6.04 Å². The molecule has 0 radical (unpaired) electrons. The van der Waals surface area contributed by atoms with Crippen LogP contribution in [0.15, 0.2) is 22.9 Å². The van der Waals surface area contributed by atoms with Gasteiger partial charge in [-0.1, -0.05) is 0 Å². The lowest BCUT2D eigenvalue weighted by molar-refractivity contribution is 0.872. The molecule has 0 bridgehead atoms. The topological polar surface area (TPSA) is 49.8 Å². The van der Waals surface area contributed by atoms with Crippen LogP contribution in [0.25, 0.3) is 0 Å². The number of anilines is 2. The van der Waals surface area contributed by atoms with Crippen molar-refractivity contribution in [2.45, 2.75) is 19.9 Å². The van der Waals surface area contributed by atoms with E-state index < -0.39 is 0 Å². The minimum Gasteiger partial charge on any atom is -0.373 e. The van der Waals surface area contributed by atoms with E-state index >= 15 is 0 Å². The first-order chi connectivity index (χ1) is 8.19. The predicted octanol–water partition coefficient (Wildman–Crippen LogP) is 3.06. The summed E-state index contributed by atoms with van der Waals surface area (Å²) in [5.74, 6) is 2.44. The fourth-order valence-electron chi connectivity index (χ4n) is 1.60. The number of hydrogen-bond donors (Lipinski definition) is 2. The van der Waals surface area contributed by atoms with Crippen LogP contribution in [0, 0.1) is 6.92 Å². The van der Waals surface area contributed by atoms with Crippen molar-refractivity contribution in [2.75, 3.05) is 17.7 Å². The van der Waals surface area contributed by atoms with Gasteiger partial charge in [0.25, 0.3) is 0 Å². The van der Waals surface area contributed by atoms with E-state index in [0.717, 1.165) is 17.5 Å². The minimum atomic E-state index is 0.250. The second-order valence-electron chi connectivity index (χ2n) is 3.86. The summed E-state index contributed by atoms with van der Waals surface area (Å²) in [6.07, 6.45) is 0. The Hall–Kier alpha value is -1.62. The Morgan fingerprint density at radius 2 is 2.06 bits per heavy atom. The summed E-state index contributed by atoms with van der Waals surface area (Å²) in [6.45, 7) is 4.01. The summed E-state index contributed by atoms with van der Waals surface area (Å²) >= 11 is 1.70. The van der Waals surface area contributed by atoms with Gasteiger partial charge in [0.1, 0.15) is 17.5 Å². The Kier molecular flexibility index (Phi) is 3.58. The molecular formula is C12H16N4S. The zero-order valence-electron chi connectivity index (χ0n) is 10.2. The van der Waals surface area contributed by atoms with Gasteiger partial charge < -0.3 is 10.6 Å². The van der Waals surface area contributed by atoms with E-state index in [1.165, 1.54) is 5.56 Å². The molecule has 2 N–H and O–H groups in total. The van der Waals surface area contributed by atoms with Gasteiger partial charge in [0.2, 0.25) is 0 Å². The van der Waals surface area contributed by atoms with Gasteiger partial charge in [-0.2, -0.15) is 11.3 Å². The fourth-order valence-corrected chi connectivity index (χ4v) is 2.35. The highest BCUT2D eigenvalue weighted by Crippen LogP contribution is 2.21. The van der Waals surface area contributed by atoms with Gasteiger partial charge in [0, 0.05) is 13.1 Å². The molecule has 17 heavy (non-hydrogen) atoms. The van der Waals surface area contributed by atoms with E-state index in [1.54, 1.807) is 11.3 Å². The molecule has 0 aliphatic carbocycles. The van der Waals surface area contributed by atoms with Gasteiger partial charge in [-0.15, -0.1) is 0 Å². The smallest absolute Gasteiger partial charge is 0.132 e. The third-order valence-corrected chi connectivity index (χ3v) is 3.20. The molecular weight excluding hydrogens is 232 g/mol. The Balaban J connectivity index is 2.15. The van der Waals surface area contributed by atoms with Crippen LogP contribution in [-0.2, 0) is 0 Å². The quantitative estimate of drug-likeness (QED) is 0.873. The number of rotatable bonds is 4. The molecule has 2 heterocycles. The van der Waals surface area contributed by atoms with Crippen LogP contribution in [0.2, 0.25) is 0 Å². The highest BCUT2D eigenvalue weighted by Gasteiger charge is 2.07. The molecule has 0 aromatic carbocycles. The number of nitrogens with zero attached hydrogens (tertiary/aromatic N) is 2. The largest absolute Gasteiger partial charge is 0.373 e. The third-order valence-electron chi connectivity index (χ3n) is 2.50. The number of aryl methyl sites for hydroxylation is 1. The number of aromatic nitrogens is 2. The molecule has 0 saturated heterocycles. The van der Waals surface area contributed by atoms with Crippen molar-refractivity contribution < 1.29 is 0 Å². The SMILES string of the molecule is CNc1cc(NC(C)c2ccsc2)nc(C)n1. The lowest BCUT2D eigenvalue weighted by Crippen LogP contribution is -2.09. The summed E-state index contributed by atoms with van der Waals surface area (Å²) < 4.78 is 0. The summed E-state index contributed by atoms with van der Waals surface area (Å²) in [5.41, 5.74) is 1.28. The van der Waals surface area contributed by atoms with Gasteiger partial charge in [-0.05, 0) is 36.2 Å². The molecule has 90 valence electrons. The van der Waals surface area contributed by atoms with Gasteiger partial charge in [0.05, 0.1) is 6.04 Å². The fraction of sp³-hybridized carbons (Fsp3) is 0.333. The Labute approximate surface area is 105 Å². The number of thiophene rings is 1. The van der Waals surface area contributed by atoms with E-state index in [0.29, 0.717) is 0 Å². The molecule has 2 aromatic heterocycles. The molecule has 4 nitrogen and oxygen atoms in total. The van der Waals surface area contributed by atoms with Crippen LogP contribution in [0.5, 0.6) is 0 Å². The zero-order valence-corrected chi connectivity index (χ0v) is 11.0. The molecule has 2 aromatic rings. The summed E-state index contributed by atoms with van der Waals surface area (Å²) in [5, 5.41) is 10.6. The number of nitrogens with one attached hydrogen (secondary N) is 2. The Morgan fingerprint density at radius 1 is 1.29 bits per heavy atom. The van der Waals surface area contributed by atoms with Crippen LogP contribution < -0.4 is 10.6 Å². The monoisotopic (exact) mass is 248 g/mol. The molecule has 1 atom stereocenters. The highest BCUT2D eigenvalue weighted by molar-refractivity contribution is 7.07. The maximum atomic E-state index is 4.37. The molecule has 2 rings (SSSR count). The van der Waals surface area contributed by atoms with Crippen molar-refractivity contribution in [2.24, 2.45) is 0 Å². The average molecular weight is 248 g/mol. The van der Waals surface area contributed by atoms with E-state index in [4.69, 9.17) is 0 Å². The highest BCUT2D eigenvalue weighted by atomic mass is 32.1. The van der Waals surface area contributed by atoms with Crippen LogP contribution in [0.4, 0.5) is 11.6 Å². The Morgan fingerprint density at radius 3 is 2.71 bits per heavy atom. The first kappa shape index (κ1) is 11.9. The second kappa shape index (κ2) is 5.14. The van der Waals surface area contributed by atoms with Crippen molar-refractivity contribution in [3.05, 3.63) is 34.3 Å². The molecule has 0 saturated carbocycles.